The molecular weight excluding hydrogens is 276 g/mol. The average Bonchev–Trinajstić information content (AvgIpc) is 2.84. The van der Waals surface area contributed by atoms with Crippen molar-refractivity contribution < 1.29 is 8.78 Å². The van der Waals surface area contributed by atoms with E-state index in [0.717, 1.165) is 17.8 Å². The number of hydrogen-bond acceptors (Lipinski definition) is 2. The van der Waals surface area contributed by atoms with E-state index < -0.39 is 11.6 Å². The Bertz CT molecular complexity index is 545. The number of thiophene rings is 1. The predicted molar refractivity (Wildman–Crippen MR) is 80.2 cm³/mol. The molecule has 1 N–H and O–H groups in total. The zero-order valence-electron chi connectivity index (χ0n) is 11.7. The van der Waals surface area contributed by atoms with E-state index in [0.29, 0.717) is 6.42 Å². The second-order valence-electron chi connectivity index (χ2n) is 4.88. The van der Waals surface area contributed by atoms with Crippen molar-refractivity contribution >= 4 is 11.3 Å². The first-order valence-electron chi connectivity index (χ1n) is 6.83. The van der Waals surface area contributed by atoms with Crippen LogP contribution in [0.4, 0.5) is 8.78 Å². The lowest BCUT2D eigenvalue weighted by Crippen LogP contribution is -2.24. The highest BCUT2D eigenvalue weighted by atomic mass is 32.1. The molecule has 1 atom stereocenters. The van der Waals surface area contributed by atoms with Crippen molar-refractivity contribution in [1.82, 2.24) is 5.32 Å². The van der Waals surface area contributed by atoms with Crippen LogP contribution < -0.4 is 5.32 Å². The minimum Gasteiger partial charge on any atom is -0.309 e. The summed E-state index contributed by atoms with van der Waals surface area (Å²) in [5, 5.41) is 5.41. The Labute approximate surface area is 122 Å². The van der Waals surface area contributed by atoms with Crippen molar-refractivity contribution in [3.05, 3.63) is 57.3 Å². The number of hydrogen-bond donors (Lipinski definition) is 1. The third kappa shape index (κ3) is 3.44. The highest BCUT2D eigenvalue weighted by Gasteiger charge is 2.19. The van der Waals surface area contributed by atoms with Gasteiger partial charge in [0.15, 0.2) is 0 Å². The third-order valence-electron chi connectivity index (χ3n) is 3.33. The van der Waals surface area contributed by atoms with Gasteiger partial charge in [-0.05, 0) is 55.5 Å². The SMILES string of the molecule is CCCNC(Cc1c(F)cccc1F)c1sccc1C. The summed E-state index contributed by atoms with van der Waals surface area (Å²) in [4.78, 5) is 1.15. The Kier molecular flexibility index (Phi) is 5.26. The maximum absolute atomic E-state index is 13.8. The fraction of sp³-hybridized carbons (Fsp3) is 0.375. The molecule has 0 saturated heterocycles. The molecule has 0 amide bonds. The van der Waals surface area contributed by atoms with Crippen molar-refractivity contribution in [2.24, 2.45) is 0 Å². The van der Waals surface area contributed by atoms with Crippen LogP contribution in [0.15, 0.2) is 29.6 Å². The van der Waals surface area contributed by atoms with Crippen molar-refractivity contribution in [3.8, 4) is 0 Å². The van der Waals surface area contributed by atoms with E-state index in [1.165, 1.54) is 23.8 Å². The molecule has 1 aromatic carbocycles. The van der Waals surface area contributed by atoms with Gasteiger partial charge in [0.2, 0.25) is 0 Å². The minimum atomic E-state index is -0.470. The molecule has 1 heterocycles. The van der Waals surface area contributed by atoms with Gasteiger partial charge < -0.3 is 5.32 Å². The third-order valence-corrected chi connectivity index (χ3v) is 4.46. The van der Waals surface area contributed by atoms with Crippen molar-refractivity contribution in [1.29, 1.82) is 0 Å². The monoisotopic (exact) mass is 295 g/mol. The van der Waals surface area contributed by atoms with E-state index in [1.54, 1.807) is 11.3 Å². The van der Waals surface area contributed by atoms with Crippen molar-refractivity contribution in [3.63, 3.8) is 0 Å². The lowest BCUT2D eigenvalue weighted by atomic mass is 10.0. The van der Waals surface area contributed by atoms with Crippen LogP contribution in [0, 0.1) is 18.6 Å². The first-order valence-corrected chi connectivity index (χ1v) is 7.71. The molecule has 108 valence electrons. The van der Waals surface area contributed by atoms with Crippen molar-refractivity contribution in [2.75, 3.05) is 6.54 Å². The largest absolute Gasteiger partial charge is 0.309 e. The molecule has 0 saturated carbocycles. The molecule has 0 aliphatic rings. The van der Waals surface area contributed by atoms with Gasteiger partial charge in [-0.3, -0.25) is 0 Å². The highest BCUT2D eigenvalue weighted by Crippen LogP contribution is 2.28. The summed E-state index contributed by atoms with van der Waals surface area (Å²) in [6, 6.07) is 6.03. The first-order chi connectivity index (χ1) is 9.63. The molecule has 0 aliphatic heterocycles. The fourth-order valence-corrected chi connectivity index (χ4v) is 3.25. The van der Waals surface area contributed by atoms with Crippen LogP contribution in [0.3, 0.4) is 0 Å². The number of nitrogens with one attached hydrogen (secondary N) is 1. The number of rotatable bonds is 6. The van der Waals surface area contributed by atoms with Gasteiger partial charge in [0.05, 0.1) is 0 Å². The van der Waals surface area contributed by atoms with Gasteiger partial charge >= 0.3 is 0 Å². The summed E-state index contributed by atoms with van der Waals surface area (Å²) in [7, 11) is 0. The lowest BCUT2D eigenvalue weighted by Gasteiger charge is -2.19. The Morgan fingerprint density at radius 2 is 1.90 bits per heavy atom. The van der Waals surface area contributed by atoms with Gasteiger partial charge in [-0.2, -0.15) is 0 Å². The number of aryl methyl sites for hydroxylation is 1. The Balaban J connectivity index is 2.26. The summed E-state index contributed by atoms with van der Waals surface area (Å²) < 4.78 is 27.6. The van der Waals surface area contributed by atoms with E-state index in [-0.39, 0.29) is 11.6 Å². The van der Waals surface area contributed by atoms with Gasteiger partial charge in [0.25, 0.3) is 0 Å². The van der Waals surface area contributed by atoms with Gasteiger partial charge in [-0.15, -0.1) is 11.3 Å². The minimum absolute atomic E-state index is 0.0404. The summed E-state index contributed by atoms with van der Waals surface area (Å²) in [5.41, 5.74) is 1.33. The molecule has 4 heteroatoms. The molecule has 2 aromatic rings. The molecule has 0 aliphatic carbocycles. The molecule has 0 radical (unpaired) electrons. The normalized spacial score (nSPS) is 12.6. The van der Waals surface area contributed by atoms with Crippen LogP contribution in [0.25, 0.3) is 0 Å². The number of halogens is 2. The average molecular weight is 295 g/mol. The van der Waals surface area contributed by atoms with E-state index in [1.807, 2.05) is 18.4 Å². The summed E-state index contributed by atoms with van der Waals surface area (Å²) in [6.45, 7) is 4.94. The fourth-order valence-electron chi connectivity index (χ4n) is 2.25. The molecule has 1 nitrogen and oxygen atoms in total. The zero-order valence-corrected chi connectivity index (χ0v) is 12.6. The van der Waals surface area contributed by atoms with E-state index in [2.05, 4.69) is 12.2 Å². The van der Waals surface area contributed by atoms with Crippen LogP contribution in [-0.2, 0) is 6.42 Å². The van der Waals surface area contributed by atoms with Gasteiger partial charge in [0.1, 0.15) is 11.6 Å². The summed E-state index contributed by atoms with van der Waals surface area (Å²) in [5.74, 6) is -0.940. The van der Waals surface area contributed by atoms with Gasteiger partial charge in [0, 0.05) is 16.5 Å². The molecule has 1 aromatic heterocycles. The topological polar surface area (TPSA) is 12.0 Å². The van der Waals surface area contributed by atoms with E-state index in [4.69, 9.17) is 0 Å². The molecule has 0 bridgehead atoms. The quantitative estimate of drug-likeness (QED) is 0.820. The van der Waals surface area contributed by atoms with Crippen LogP contribution in [-0.4, -0.2) is 6.54 Å². The standard InChI is InChI=1S/C16H19F2NS/c1-3-8-19-15(16-11(2)7-9-20-16)10-12-13(17)5-4-6-14(12)18/h4-7,9,15,19H,3,8,10H2,1-2H3. The number of benzene rings is 1. The molecule has 20 heavy (non-hydrogen) atoms. The maximum atomic E-state index is 13.8. The molecular formula is C16H19F2NS. The van der Waals surface area contributed by atoms with Crippen LogP contribution in [0.5, 0.6) is 0 Å². The van der Waals surface area contributed by atoms with E-state index >= 15 is 0 Å². The van der Waals surface area contributed by atoms with Crippen LogP contribution >= 0.6 is 11.3 Å². The van der Waals surface area contributed by atoms with Crippen molar-refractivity contribution in [2.45, 2.75) is 32.7 Å². The first kappa shape index (κ1) is 15.1. The lowest BCUT2D eigenvalue weighted by molar-refractivity contribution is 0.493. The predicted octanol–water partition coefficient (Wildman–Crippen LogP) is 4.62. The van der Waals surface area contributed by atoms with Gasteiger partial charge in [-0.25, -0.2) is 8.78 Å². The Hall–Kier alpha value is -1.26. The molecule has 2 rings (SSSR count). The molecule has 0 spiro atoms. The summed E-state index contributed by atoms with van der Waals surface area (Å²) in [6.07, 6.45) is 1.32. The molecule has 1 unspecified atom stereocenters. The molecule has 0 fully saturated rings. The van der Waals surface area contributed by atoms with Gasteiger partial charge in [-0.1, -0.05) is 13.0 Å². The van der Waals surface area contributed by atoms with Crippen LogP contribution in [0.2, 0.25) is 0 Å². The zero-order chi connectivity index (χ0) is 14.5. The smallest absolute Gasteiger partial charge is 0.129 e. The summed E-state index contributed by atoms with van der Waals surface area (Å²) >= 11 is 1.63. The second-order valence-corrected chi connectivity index (χ2v) is 5.83. The Morgan fingerprint density at radius 1 is 1.20 bits per heavy atom. The Morgan fingerprint density at radius 3 is 2.45 bits per heavy atom. The second kappa shape index (κ2) is 6.95. The van der Waals surface area contributed by atoms with Crippen LogP contribution in [0.1, 0.15) is 35.4 Å². The maximum Gasteiger partial charge on any atom is 0.129 e. The van der Waals surface area contributed by atoms with E-state index in [9.17, 15) is 8.78 Å². The highest BCUT2D eigenvalue weighted by molar-refractivity contribution is 7.10.